The summed E-state index contributed by atoms with van der Waals surface area (Å²) in [6.07, 6.45) is 2.20. The molecule has 1 heterocycles. The van der Waals surface area contributed by atoms with Crippen molar-refractivity contribution in [3.05, 3.63) is 71.7 Å². The first-order chi connectivity index (χ1) is 11.8. The van der Waals surface area contributed by atoms with Crippen LogP contribution in [0.15, 0.2) is 59.0 Å². The van der Waals surface area contributed by atoms with Gasteiger partial charge in [-0.2, -0.15) is 0 Å². The average Bonchev–Trinajstić information content (AvgIpc) is 3.00. The number of benzene rings is 2. The van der Waals surface area contributed by atoms with Crippen molar-refractivity contribution in [3.63, 3.8) is 0 Å². The quantitative estimate of drug-likeness (QED) is 0.609. The molecule has 3 nitrogen and oxygen atoms in total. The maximum absolute atomic E-state index is 10.5. The van der Waals surface area contributed by atoms with E-state index in [1.54, 1.807) is 0 Å². The van der Waals surface area contributed by atoms with E-state index in [0.29, 0.717) is 12.3 Å². The highest BCUT2D eigenvalue weighted by Crippen LogP contribution is 2.31. The largest absolute Gasteiger partial charge is 0.462 e. The monoisotopic (exact) mass is 323 g/mol. The van der Waals surface area contributed by atoms with E-state index in [1.165, 1.54) is 5.56 Å². The second-order valence-electron chi connectivity index (χ2n) is 6.14. The van der Waals surface area contributed by atoms with E-state index in [0.717, 1.165) is 42.3 Å². The SMILES string of the molecule is CCCNCC(O)c1oc(CCc2ccccc2)c2ccccc12. The molecule has 3 aromatic rings. The number of hydrogen-bond acceptors (Lipinski definition) is 3. The predicted molar refractivity (Wildman–Crippen MR) is 98.2 cm³/mol. The standard InChI is InChI=1S/C21H25NO2/c1-2-14-22-15-19(23)21-18-11-7-6-10-17(18)20(24-21)13-12-16-8-4-3-5-9-16/h3-11,19,22-23H,2,12-15H2,1H3. The summed E-state index contributed by atoms with van der Waals surface area (Å²) in [5, 5.41) is 15.9. The fourth-order valence-electron chi connectivity index (χ4n) is 3.03. The van der Waals surface area contributed by atoms with E-state index in [4.69, 9.17) is 4.42 Å². The van der Waals surface area contributed by atoms with Gasteiger partial charge in [-0.05, 0) is 24.9 Å². The molecule has 0 spiro atoms. The van der Waals surface area contributed by atoms with Crippen molar-refractivity contribution in [1.82, 2.24) is 5.32 Å². The highest BCUT2D eigenvalue weighted by molar-refractivity contribution is 5.87. The molecule has 3 rings (SSSR count). The molecule has 2 aromatic carbocycles. The minimum atomic E-state index is -0.619. The van der Waals surface area contributed by atoms with Crippen LogP contribution >= 0.6 is 0 Å². The van der Waals surface area contributed by atoms with Crippen molar-refractivity contribution in [2.45, 2.75) is 32.3 Å². The molecule has 0 aliphatic heterocycles. The lowest BCUT2D eigenvalue weighted by Gasteiger charge is -2.09. The van der Waals surface area contributed by atoms with Crippen LogP contribution in [0.3, 0.4) is 0 Å². The molecule has 1 aromatic heterocycles. The predicted octanol–water partition coefficient (Wildman–Crippen LogP) is 4.25. The summed E-state index contributed by atoms with van der Waals surface area (Å²) < 4.78 is 6.09. The molecule has 1 atom stereocenters. The van der Waals surface area contributed by atoms with Gasteiger partial charge >= 0.3 is 0 Å². The molecule has 0 saturated heterocycles. The summed E-state index contributed by atoms with van der Waals surface area (Å²) in [6.45, 7) is 3.53. The molecule has 0 aliphatic carbocycles. The van der Waals surface area contributed by atoms with Crippen LogP contribution in [0.25, 0.3) is 10.8 Å². The van der Waals surface area contributed by atoms with Gasteiger partial charge in [0.1, 0.15) is 17.6 Å². The van der Waals surface area contributed by atoms with E-state index in [9.17, 15) is 5.11 Å². The zero-order valence-corrected chi connectivity index (χ0v) is 14.2. The molecule has 1 unspecified atom stereocenters. The zero-order valence-electron chi connectivity index (χ0n) is 14.2. The van der Waals surface area contributed by atoms with Gasteiger partial charge in [0, 0.05) is 23.7 Å². The maximum atomic E-state index is 10.5. The van der Waals surface area contributed by atoms with E-state index in [2.05, 4.69) is 42.6 Å². The molecule has 3 heteroatoms. The summed E-state index contributed by atoms with van der Waals surface area (Å²) in [4.78, 5) is 0. The van der Waals surface area contributed by atoms with Crippen molar-refractivity contribution in [2.75, 3.05) is 13.1 Å². The molecule has 0 aliphatic rings. The minimum absolute atomic E-state index is 0.517. The van der Waals surface area contributed by atoms with Crippen molar-refractivity contribution in [3.8, 4) is 0 Å². The van der Waals surface area contributed by atoms with Gasteiger partial charge in [-0.25, -0.2) is 0 Å². The van der Waals surface area contributed by atoms with Gasteiger partial charge in [0.2, 0.25) is 0 Å². The number of aliphatic hydroxyl groups excluding tert-OH is 1. The highest BCUT2D eigenvalue weighted by atomic mass is 16.4. The Labute approximate surface area is 143 Å². The Morgan fingerprint density at radius 3 is 2.42 bits per heavy atom. The molecule has 126 valence electrons. The molecule has 24 heavy (non-hydrogen) atoms. The summed E-state index contributed by atoms with van der Waals surface area (Å²) >= 11 is 0. The average molecular weight is 323 g/mol. The Bertz CT molecular complexity index is 764. The Kier molecular flexibility index (Phi) is 5.68. The fourth-order valence-corrected chi connectivity index (χ4v) is 3.03. The number of furan rings is 1. The lowest BCUT2D eigenvalue weighted by atomic mass is 10.0. The lowest BCUT2D eigenvalue weighted by molar-refractivity contribution is 0.147. The van der Waals surface area contributed by atoms with Gasteiger partial charge in [-0.15, -0.1) is 0 Å². The zero-order chi connectivity index (χ0) is 16.8. The third-order valence-electron chi connectivity index (χ3n) is 4.28. The first-order valence-corrected chi connectivity index (χ1v) is 8.72. The van der Waals surface area contributed by atoms with Crippen LogP contribution in [0.1, 0.15) is 36.5 Å². The molecule has 0 fully saturated rings. The van der Waals surface area contributed by atoms with Crippen molar-refractivity contribution in [1.29, 1.82) is 0 Å². The van der Waals surface area contributed by atoms with Gasteiger partial charge in [0.05, 0.1) is 0 Å². The summed E-state index contributed by atoms with van der Waals surface area (Å²) in [5.74, 6) is 1.64. The summed E-state index contributed by atoms with van der Waals surface area (Å²) in [5.41, 5.74) is 1.30. The van der Waals surface area contributed by atoms with Crippen LogP contribution in [0, 0.1) is 0 Å². The van der Waals surface area contributed by atoms with E-state index >= 15 is 0 Å². The van der Waals surface area contributed by atoms with Gasteiger partial charge < -0.3 is 14.8 Å². The van der Waals surface area contributed by atoms with Crippen molar-refractivity contribution >= 4 is 10.8 Å². The Morgan fingerprint density at radius 1 is 0.958 bits per heavy atom. The van der Waals surface area contributed by atoms with Gasteiger partial charge in [-0.3, -0.25) is 0 Å². The second kappa shape index (κ2) is 8.13. The normalized spacial score (nSPS) is 12.6. The maximum Gasteiger partial charge on any atom is 0.141 e. The molecule has 0 amide bonds. The Morgan fingerprint density at radius 2 is 1.67 bits per heavy atom. The van der Waals surface area contributed by atoms with Crippen LogP contribution in [0.2, 0.25) is 0 Å². The first-order valence-electron chi connectivity index (χ1n) is 8.72. The third-order valence-corrected chi connectivity index (χ3v) is 4.28. The van der Waals surface area contributed by atoms with Gasteiger partial charge in [-0.1, -0.05) is 61.5 Å². The Balaban J connectivity index is 1.80. The molecule has 0 bridgehead atoms. The van der Waals surface area contributed by atoms with Gasteiger partial charge in [0.15, 0.2) is 0 Å². The number of rotatable bonds is 8. The molecule has 0 radical (unpaired) electrons. The van der Waals surface area contributed by atoms with E-state index in [1.807, 2.05) is 24.3 Å². The fraction of sp³-hybridized carbons (Fsp3) is 0.333. The molecule has 2 N–H and O–H groups in total. The van der Waals surface area contributed by atoms with Gasteiger partial charge in [0.25, 0.3) is 0 Å². The second-order valence-corrected chi connectivity index (χ2v) is 6.14. The third kappa shape index (κ3) is 3.86. The van der Waals surface area contributed by atoms with Crippen LogP contribution in [-0.4, -0.2) is 18.2 Å². The number of aryl methyl sites for hydroxylation is 2. The topological polar surface area (TPSA) is 45.4 Å². The smallest absolute Gasteiger partial charge is 0.141 e. The Hall–Kier alpha value is -2.10. The van der Waals surface area contributed by atoms with Crippen molar-refractivity contribution < 1.29 is 9.52 Å². The van der Waals surface area contributed by atoms with Crippen molar-refractivity contribution in [2.24, 2.45) is 0 Å². The number of hydrogen-bond donors (Lipinski definition) is 2. The minimum Gasteiger partial charge on any atom is -0.462 e. The van der Waals surface area contributed by atoms with Crippen LogP contribution in [0.4, 0.5) is 0 Å². The lowest BCUT2D eigenvalue weighted by Crippen LogP contribution is -2.21. The van der Waals surface area contributed by atoms with Crippen LogP contribution in [-0.2, 0) is 12.8 Å². The number of fused-ring (bicyclic) bond motifs is 1. The van der Waals surface area contributed by atoms with E-state index in [-0.39, 0.29) is 0 Å². The summed E-state index contributed by atoms with van der Waals surface area (Å²) in [7, 11) is 0. The first kappa shape index (κ1) is 16.7. The highest BCUT2D eigenvalue weighted by Gasteiger charge is 2.19. The van der Waals surface area contributed by atoms with Crippen LogP contribution < -0.4 is 5.32 Å². The number of aliphatic hydroxyl groups is 1. The van der Waals surface area contributed by atoms with Crippen LogP contribution in [0.5, 0.6) is 0 Å². The summed E-state index contributed by atoms with van der Waals surface area (Å²) in [6, 6.07) is 18.5. The molecular weight excluding hydrogens is 298 g/mol. The van der Waals surface area contributed by atoms with E-state index < -0.39 is 6.10 Å². The molecule has 0 saturated carbocycles. The number of nitrogens with one attached hydrogen (secondary N) is 1. The molecular formula is C21H25NO2.